The minimum Gasteiger partial charge on any atom is -0.394 e. The minimum absolute atomic E-state index is 0.128. The van der Waals surface area contributed by atoms with Gasteiger partial charge in [-0.1, -0.05) is 30.3 Å². The summed E-state index contributed by atoms with van der Waals surface area (Å²) in [6, 6.07) is 12.9. The molecule has 2 atom stereocenters. The number of rotatable bonds is 3. The molecule has 9 heteroatoms. The number of fused-ring (bicyclic) bond motifs is 1. The van der Waals surface area contributed by atoms with Gasteiger partial charge in [-0.2, -0.15) is 13.2 Å². The summed E-state index contributed by atoms with van der Waals surface area (Å²) in [5.41, 5.74) is 1.30. The molecule has 1 saturated heterocycles. The molecule has 0 saturated carbocycles. The number of hydrogen-bond acceptors (Lipinski definition) is 4. The molecule has 1 amide bonds. The third-order valence-corrected chi connectivity index (χ3v) is 4.93. The molecule has 0 spiro atoms. The number of imidazole rings is 1. The van der Waals surface area contributed by atoms with Crippen LogP contribution in [0.15, 0.2) is 48.5 Å². The third kappa shape index (κ3) is 3.70. The number of aliphatic hydroxyl groups is 1. The van der Waals surface area contributed by atoms with Gasteiger partial charge >= 0.3 is 6.18 Å². The van der Waals surface area contributed by atoms with E-state index in [1.54, 1.807) is 4.90 Å². The highest BCUT2D eigenvalue weighted by Gasteiger charge is 2.37. The number of H-pyrrole nitrogens is 1. The number of morpholine rings is 1. The Labute approximate surface area is 163 Å². The molecule has 0 bridgehead atoms. The normalized spacial score (nSPS) is 20.2. The van der Waals surface area contributed by atoms with Crippen LogP contribution in [0.2, 0.25) is 0 Å². The quantitative estimate of drug-likeness (QED) is 0.702. The fourth-order valence-corrected chi connectivity index (χ4v) is 3.60. The van der Waals surface area contributed by atoms with Crippen LogP contribution < -0.4 is 0 Å². The molecule has 1 aromatic heterocycles. The van der Waals surface area contributed by atoms with E-state index in [1.807, 2.05) is 30.3 Å². The van der Waals surface area contributed by atoms with Gasteiger partial charge in [0.15, 0.2) is 0 Å². The Morgan fingerprint density at radius 1 is 1.24 bits per heavy atom. The van der Waals surface area contributed by atoms with Crippen molar-refractivity contribution in [3.63, 3.8) is 0 Å². The molecule has 1 aliphatic rings. The molecule has 0 unspecified atom stereocenters. The number of aromatic nitrogens is 2. The van der Waals surface area contributed by atoms with Gasteiger partial charge in [-0.3, -0.25) is 4.79 Å². The second kappa shape index (κ2) is 7.49. The Bertz CT molecular complexity index is 1020. The molecule has 6 nitrogen and oxygen atoms in total. The SMILES string of the molecule is O=C(c1ccc2nc(C(F)(F)F)[nH]c2c1)N1CCO[C@H](CO)[C@H]1c1ccccc1. The zero-order chi connectivity index (χ0) is 20.6. The first kappa shape index (κ1) is 19.4. The van der Waals surface area contributed by atoms with Crippen LogP contribution in [0.4, 0.5) is 13.2 Å². The molecule has 29 heavy (non-hydrogen) atoms. The number of nitrogens with zero attached hydrogens (tertiary/aromatic N) is 2. The van der Waals surface area contributed by atoms with Gasteiger partial charge in [0.05, 0.1) is 30.3 Å². The fourth-order valence-electron chi connectivity index (χ4n) is 3.60. The van der Waals surface area contributed by atoms with Crippen molar-refractivity contribution in [2.45, 2.75) is 18.3 Å². The summed E-state index contributed by atoms with van der Waals surface area (Å²) < 4.78 is 44.3. The summed E-state index contributed by atoms with van der Waals surface area (Å²) in [6.07, 6.45) is -5.19. The largest absolute Gasteiger partial charge is 0.449 e. The fraction of sp³-hybridized carbons (Fsp3) is 0.300. The number of ether oxygens (including phenoxy) is 1. The predicted octanol–water partition coefficient (Wildman–Crippen LogP) is 3.16. The highest BCUT2D eigenvalue weighted by atomic mass is 19.4. The van der Waals surface area contributed by atoms with Crippen molar-refractivity contribution in [3.05, 3.63) is 65.5 Å². The van der Waals surface area contributed by atoms with Crippen molar-refractivity contribution in [3.8, 4) is 0 Å². The summed E-state index contributed by atoms with van der Waals surface area (Å²) in [4.78, 5) is 20.6. The Kier molecular flexibility index (Phi) is 5.01. The molecule has 2 N–H and O–H groups in total. The first-order chi connectivity index (χ1) is 13.9. The maximum Gasteiger partial charge on any atom is 0.449 e. The minimum atomic E-state index is -4.60. The number of amides is 1. The Morgan fingerprint density at radius 3 is 2.69 bits per heavy atom. The standard InChI is InChI=1S/C20H18F3N3O3/c21-20(22,23)19-24-14-7-6-13(10-15(14)25-19)18(28)26-8-9-29-16(11-27)17(26)12-4-2-1-3-5-12/h1-7,10,16-17,27H,8-9,11H2,(H,24,25)/t16-,17-/m1/s1. The van der Waals surface area contributed by atoms with Crippen molar-refractivity contribution in [2.75, 3.05) is 19.8 Å². The molecular formula is C20H18F3N3O3. The van der Waals surface area contributed by atoms with Gasteiger partial charge in [0.25, 0.3) is 5.91 Å². The number of carbonyl (C=O) groups excluding carboxylic acids is 1. The van der Waals surface area contributed by atoms with E-state index in [4.69, 9.17) is 4.74 Å². The Balaban J connectivity index is 1.69. The van der Waals surface area contributed by atoms with Gasteiger partial charge in [-0.05, 0) is 23.8 Å². The number of nitrogens with one attached hydrogen (secondary N) is 1. The van der Waals surface area contributed by atoms with Gasteiger partial charge in [0.2, 0.25) is 5.82 Å². The molecule has 152 valence electrons. The van der Waals surface area contributed by atoms with Gasteiger partial charge < -0.3 is 19.7 Å². The lowest BCUT2D eigenvalue weighted by atomic mass is 9.97. The lowest BCUT2D eigenvalue weighted by Gasteiger charge is -2.41. The predicted molar refractivity (Wildman–Crippen MR) is 98.1 cm³/mol. The van der Waals surface area contributed by atoms with Crippen molar-refractivity contribution in [1.82, 2.24) is 14.9 Å². The van der Waals surface area contributed by atoms with Gasteiger partial charge in [0.1, 0.15) is 6.10 Å². The molecule has 0 aliphatic carbocycles. The molecular weight excluding hydrogens is 387 g/mol. The number of carbonyl (C=O) groups is 1. The van der Waals surface area contributed by atoms with E-state index in [-0.39, 0.29) is 35.7 Å². The van der Waals surface area contributed by atoms with Crippen molar-refractivity contribution in [1.29, 1.82) is 0 Å². The Hall–Kier alpha value is -2.91. The zero-order valence-corrected chi connectivity index (χ0v) is 15.2. The number of halogens is 3. The van der Waals surface area contributed by atoms with E-state index >= 15 is 0 Å². The molecule has 1 fully saturated rings. The molecule has 2 aromatic carbocycles. The van der Waals surface area contributed by atoms with Gasteiger partial charge in [-0.25, -0.2) is 4.98 Å². The van der Waals surface area contributed by atoms with E-state index in [2.05, 4.69) is 9.97 Å². The summed E-state index contributed by atoms with van der Waals surface area (Å²) in [5.74, 6) is -1.46. The smallest absolute Gasteiger partial charge is 0.394 e. The van der Waals surface area contributed by atoms with Crippen LogP contribution >= 0.6 is 0 Å². The van der Waals surface area contributed by atoms with Crippen LogP contribution in [0.3, 0.4) is 0 Å². The number of alkyl halides is 3. The van der Waals surface area contributed by atoms with Crippen LogP contribution in [0, 0.1) is 0 Å². The van der Waals surface area contributed by atoms with Crippen molar-refractivity contribution in [2.24, 2.45) is 0 Å². The van der Waals surface area contributed by atoms with E-state index in [0.29, 0.717) is 6.54 Å². The van der Waals surface area contributed by atoms with Gasteiger partial charge in [-0.15, -0.1) is 0 Å². The lowest BCUT2D eigenvalue weighted by Crippen LogP contribution is -2.49. The van der Waals surface area contributed by atoms with Gasteiger partial charge in [0, 0.05) is 12.1 Å². The number of hydrogen-bond donors (Lipinski definition) is 2. The van der Waals surface area contributed by atoms with Crippen molar-refractivity contribution >= 4 is 16.9 Å². The Morgan fingerprint density at radius 2 is 2.00 bits per heavy atom. The van der Waals surface area contributed by atoms with E-state index in [1.165, 1.54) is 18.2 Å². The van der Waals surface area contributed by atoms with Crippen LogP contribution in [0.25, 0.3) is 11.0 Å². The maximum absolute atomic E-state index is 13.2. The van der Waals surface area contributed by atoms with E-state index < -0.39 is 24.1 Å². The molecule has 0 radical (unpaired) electrons. The average Bonchev–Trinajstić information content (AvgIpc) is 3.17. The highest BCUT2D eigenvalue weighted by molar-refractivity contribution is 5.97. The lowest BCUT2D eigenvalue weighted by molar-refractivity contribution is -0.144. The second-order valence-electron chi connectivity index (χ2n) is 6.76. The zero-order valence-electron chi connectivity index (χ0n) is 15.2. The summed E-state index contributed by atoms with van der Waals surface area (Å²) >= 11 is 0. The number of aromatic amines is 1. The maximum atomic E-state index is 13.2. The number of benzene rings is 2. The van der Waals surface area contributed by atoms with Crippen LogP contribution in [-0.2, 0) is 10.9 Å². The van der Waals surface area contributed by atoms with E-state index in [0.717, 1.165) is 5.56 Å². The monoisotopic (exact) mass is 405 g/mol. The van der Waals surface area contributed by atoms with E-state index in [9.17, 15) is 23.1 Å². The van der Waals surface area contributed by atoms with Crippen LogP contribution in [0.1, 0.15) is 27.8 Å². The molecule has 3 aromatic rings. The summed E-state index contributed by atoms with van der Waals surface area (Å²) in [7, 11) is 0. The highest BCUT2D eigenvalue weighted by Crippen LogP contribution is 2.32. The topological polar surface area (TPSA) is 78.5 Å². The summed E-state index contributed by atoms with van der Waals surface area (Å²) in [6.45, 7) is 0.284. The first-order valence-corrected chi connectivity index (χ1v) is 9.04. The number of aliphatic hydroxyl groups excluding tert-OH is 1. The molecule has 1 aliphatic heterocycles. The van der Waals surface area contributed by atoms with Crippen LogP contribution in [0.5, 0.6) is 0 Å². The van der Waals surface area contributed by atoms with Crippen LogP contribution in [-0.4, -0.2) is 51.7 Å². The first-order valence-electron chi connectivity index (χ1n) is 9.04. The molecule has 2 heterocycles. The second-order valence-corrected chi connectivity index (χ2v) is 6.76. The van der Waals surface area contributed by atoms with Crippen molar-refractivity contribution < 1.29 is 27.8 Å². The molecule has 4 rings (SSSR count). The average molecular weight is 405 g/mol. The third-order valence-electron chi connectivity index (χ3n) is 4.93. The summed E-state index contributed by atoms with van der Waals surface area (Å²) in [5, 5.41) is 9.73.